The summed E-state index contributed by atoms with van der Waals surface area (Å²) in [4.78, 5) is 4.50. The molecule has 78 valence electrons. The maximum Gasteiger partial charge on any atom is 0.0972 e. The van der Waals surface area contributed by atoms with Gasteiger partial charge in [0.25, 0.3) is 0 Å². The Balaban J connectivity index is 2.40. The molecule has 1 N–H and O–H groups in total. The molecular formula is C12H20N2. The van der Waals surface area contributed by atoms with E-state index in [1.165, 1.54) is 19.3 Å². The molecule has 0 saturated heterocycles. The van der Waals surface area contributed by atoms with Crippen LogP contribution in [-0.4, -0.2) is 18.4 Å². The van der Waals surface area contributed by atoms with Gasteiger partial charge in [0, 0.05) is 13.0 Å². The van der Waals surface area contributed by atoms with E-state index >= 15 is 0 Å². The fourth-order valence-electron chi connectivity index (χ4n) is 1.68. The van der Waals surface area contributed by atoms with Gasteiger partial charge >= 0.3 is 0 Å². The van der Waals surface area contributed by atoms with Crippen molar-refractivity contribution >= 4 is 5.84 Å². The molecule has 0 fully saturated rings. The van der Waals surface area contributed by atoms with Crippen LogP contribution < -0.4 is 5.32 Å². The molecule has 2 nitrogen and oxygen atoms in total. The van der Waals surface area contributed by atoms with E-state index in [0.29, 0.717) is 0 Å². The van der Waals surface area contributed by atoms with Gasteiger partial charge in [-0.05, 0) is 19.3 Å². The molecule has 0 amide bonds. The number of nitrogens with zero attached hydrogens (tertiary/aromatic N) is 1. The van der Waals surface area contributed by atoms with Crippen molar-refractivity contribution in [2.45, 2.75) is 51.5 Å². The van der Waals surface area contributed by atoms with Crippen LogP contribution >= 0.6 is 0 Å². The Morgan fingerprint density at radius 2 is 2.36 bits per heavy atom. The summed E-state index contributed by atoms with van der Waals surface area (Å²) < 4.78 is 0. The summed E-state index contributed by atoms with van der Waals surface area (Å²) in [5.41, 5.74) is 0. The van der Waals surface area contributed by atoms with Crippen molar-refractivity contribution in [2.24, 2.45) is 4.99 Å². The third-order valence-electron chi connectivity index (χ3n) is 2.49. The van der Waals surface area contributed by atoms with Crippen molar-refractivity contribution in [3.05, 3.63) is 0 Å². The smallest absolute Gasteiger partial charge is 0.0972 e. The van der Waals surface area contributed by atoms with E-state index in [1.807, 2.05) is 0 Å². The van der Waals surface area contributed by atoms with E-state index < -0.39 is 0 Å². The molecule has 2 heteroatoms. The van der Waals surface area contributed by atoms with E-state index in [2.05, 4.69) is 23.2 Å². The molecule has 0 bridgehead atoms. The van der Waals surface area contributed by atoms with Crippen LogP contribution in [0.25, 0.3) is 0 Å². The molecule has 14 heavy (non-hydrogen) atoms. The molecule has 0 aliphatic carbocycles. The number of terminal acetylenes is 1. The first-order chi connectivity index (χ1) is 6.86. The predicted molar refractivity (Wildman–Crippen MR) is 61.4 cm³/mol. The summed E-state index contributed by atoms with van der Waals surface area (Å²) in [6, 6.07) is 0.178. The summed E-state index contributed by atoms with van der Waals surface area (Å²) in [5.74, 6) is 3.90. The molecule has 0 aromatic rings. The van der Waals surface area contributed by atoms with E-state index in [0.717, 1.165) is 31.6 Å². The molecule has 1 heterocycles. The molecule has 0 spiro atoms. The fraction of sp³-hybridized carbons (Fsp3) is 0.750. The summed E-state index contributed by atoms with van der Waals surface area (Å²) in [7, 11) is 0. The molecular weight excluding hydrogens is 172 g/mol. The zero-order valence-corrected chi connectivity index (χ0v) is 9.05. The van der Waals surface area contributed by atoms with Crippen LogP contribution in [-0.2, 0) is 0 Å². The van der Waals surface area contributed by atoms with E-state index in [1.54, 1.807) is 0 Å². The zero-order valence-electron chi connectivity index (χ0n) is 9.05. The van der Waals surface area contributed by atoms with Crippen LogP contribution in [0.5, 0.6) is 0 Å². The van der Waals surface area contributed by atoms with Crippen molar-refractivity contribution in [1.29, 1.82) is 0 Å². The molecule has 1 aliphatic rings. The Kier molecular flexibility index (Phi) is 5.14. The van der Waals surface area contributed by atoms with Crippen LogP contribution in [0.3, 0.4) is 0 Å². The van der Waals surface area contributed by atoms with Gasteiger partial charge in [0.05, 0.1) is 11.9 Å². The van der Waals surface area contributed by atoms with Gasteiger partial charge in [-0.2, -0.15) is 0 Å². The largest absolute Gasteiger partial charge is 0.360 e. The monoisotopic (exact) mass is 192 g/mol. The van der Waals surface area contributed by atoms with Crippen LogP contribution in [0.2, 0.25) is 0 Å². The van der Waals surface area contributed by atoms with Crippen LogP contribution in [0.15, 0.2) is 4.99 Å². The number of nitrogens with one attached hydrogen (secondary N) is 1. The molecule has 1 atom stereocenters. The van der Waals surface area contributed by atoms with E-state index in [4.69, 9.17) is 6.42 Å². The second-order valence-corrected chi connectivity index (χ2v) is 3.79. The first-order valence-corrected chi connectivity index (χ1v) is 5.62. The standard InChI is InChI=1S/C12H20N2/c1-3-8-11(4-2)14-12-9-6-5-7-10-13-12/h2,11H,3,5-10H2,1H3,(H,13,14). The van der Waals surface area contributed by atoms with Crippen molar-refractivity contribution in [1.82, 2.24) is 5.32 Å². The summed E-state index contributed by atoms with van der Waals surface area (Å²) in [6.45, 7) is 3.12. The Morgan fingerprint density at radius 1 is 1.50 bits per heavy atom. The lowest BCUT2D eigenvalue weighted by atomic mass is 10.1. The van der Waals surface area contributed by atoms with Gasteiger partial charge < -0.3 is 5.32 Å². The molecule has 1 aliphatic heterocycles. The van der Waals surface area contributed by atoms with Crippen LogP contribution in [0.4, 0.5) is 0 Å². The van der Waals surface area contributed by atoms with E-state index in [9.17, 15) is 0 Å². The van der Waals surface area contributed by atoms with Crippen LogP contribution in [0.1, 0.15) is 45.4 Å². The second-order valence-electron chi connectivity index (χ2n) is 3.79. The molecule has 0 aromatic carbocycles. The summed E-state index contributed by atoms with van der Waals surface area (Å²) in [6.07, 6.45) is 12.4. The van der Waals surface area contributed by atoms with Crippen molar-refractivity contribution < 1.29 is 0 Å². The molecule has 0 radical (unpaired) electrons. The first kappa shape index (κ1) is 11.1. The highest BCUT2D eigenvalue weighted by Gasteiger charge is 2.08. The van der Waals surface area contributed by atoms with Gasteiger partial charge in [-0.1, -0.05) is 25.7 Å². The number of aliphatic imine (C=N–C) groups is 1. The van der Waals surface area contributed by atoms with Crippen molar-refractivity contribution in [2.75, 3.05) is 6.54 Å². The summed E-state index contributed by atoms with van der Waals surface area (Å²) in [5, 5.41) is 3.36. The summed E-state index contributed by atoms with van der Waals surface area (Å²) >= 11 is 0. The highest BCUT2D eigenvalue weighted by Crippen LogP contribution is 2.07. The van der Waals surface area contributed by atoms with Gasteiger partial charge in [0.1, 0.15) is 0 Å². The number of hydrogen-bond acceptors (Lipinski definition) is 2. The average Bonchev–Trinajstić information content (AvgIpc) is 2.45. The quantitative estimate of drug-likeness (QED) is 0.682. The SMILES string of the molecule is C#CC(CCC)NC1=NCCCCC1. The second kappa shape index (κ2) is 6.48. The molecule has 0 saturated carbocycles. The lowest BCUT2D eigenvalue weighted by molar-refractivity contribution is 0.653. The predicted octanol–water partition coefficient (Wildman–Crippen LogP) is 2.35. The third-order valence-corrected chi connectivity index (χ3v) is 2.49. The van der Waals surface area contributed by atoms with Gasteiger partial charge in [0.15, 0.2) is 0 Å². The minimum atomic E-state index is 0.178. The Bertz CT molecular complexity index is 225. The minimum absolute atomic E-state index is 0.178. The number of amidine groups is 1. The molecule has 1 rings (SSSR count). The lowest BCUT2D eigenvalue weighted by Crippen LogP contribution is -2.33. The zero-order chi connectivity index (χ0) is 10.2. The Hall–Kier alpha value is -0.970. The molecule has 0 aromatic heterocycles. The maximum atomic E-state index is 5.45. The van der Waals surface area contributed by atoms with Gasteiger partial charge in [-0.25, -0.2) is 0 Å². The topological polar surface area (TPSA) is 24.4 Å². The highest BCUT2D eigenvalue weighted by atomic mass is 15.0. The van der Waals surface area contributed by atoms with Gasteiger partial charge in [0.2, 0.25) is 0 Å². The fourth-order valence-corrected chi connectivity index (χ4v) is 1.68. The molecule has 1 unspecified atom stereocenters. The first-order valence-electron chi connectivity index (χ1n) is 5.62. The van der Waals surface area contributed by atoms with E-state index in [-0.39, 0.29) is 6.04 Å². The van der Waals surface area contributed by atoms with Gasteiger partial charge in [-0.3, -0.25) is 4.99 Å². The van der Waals surface area contributed by atoms with Gasteiger partial charge in [-0.15, -0.1) is 6.42 Å². The lowest BCUT2D eigenvalue weighted by Gasteiger charge is -2.14. The number of hydrogen-bond donors (Lipinski definition) is 1. The average molecular weight is 192 g/mol. The van der Waals surface area contributed by atoms with Crippen LogP contribution in [0, 0.1) is 12.3 Å². The third kappa shape index (κ3) is 3.83. The minimum Gasteiger partial charge on any atom is -0.360 e. The Morgan fingerprint density at radius 3 is 3.07 bits per heavy atom. The Labute approximate surface area is 87.2 Å². The number of rotatable bonds is 3. The normalized spacial score (nSPS) is 19.0. The maximum absolute atomic E-state index is 5.45. The van der Waals surface area contributed by atoms with Crippen molar-refractivity contribution in [3.8, 4) is 12.3 Å². The highest BCUT2D eigenvalue weighted by molar-refractivity contribution is 5.82. The van der Waals surface area contributed by atoms with Crippen molar-refractivity contribution in [3.63, 3.8) is 0 Å².